The molecule has 1 rings (SSSR count). The average Bonchev–Trinajstić information content (AvgIpc) is 2.30. The lowest BCUT2D eigenvalue weighted by atomic mass is 10.2. The van der Waals surface area contributed by atoms with Crippen LogP contribution in [0.25, 0.3) is 0 Å². The summed E-state index contributed by atoms with van der Waals surface area (Å²) in [4.78, 5) is 21.7. The average molecular weight is 236 g/mol. The maximum Gasteiger partial charge on any atom is 0.307 e. The van der Waals surface area contributed by atoms with E-state index in [2.05, 4.69) is 15.4 Å². The number of benzene rings is 1. The van der Waals surface area contributed by atoms with Crippen LogP contribution in [-0.2, 0) is 14.3 Å². The van der Waals surface area contributed by atoms with E-state index in [1.165, 1.54) is 14.0 Å². The van der Waals surface area contributed by atoms with Gasteiger partial charge in [0.05, 0.1) is 13.5 Å². The van der Waals surface area contributed by atoms with Gasteiger partial charge in [0.15, 0.2) is 0 Å². The van der Waals surface area contributed by atoms with Crippen LogP contribution in [-0.4, -0.2) is 25.5 Å². The van der Waals surface area contributed by atoms with Crippen molar-refractivity contribution in [3.63, 3.8) is 0 Å². The van der Waals surface area contributed by atoms with Gasteiger partial charge in [0, 0.05) is 24.8 Å². The van der Waals surface area contributed by atoms with Crippen molar-refractivity contribution in [3.05, 3.63) is 24.3 Å². The highest BCUT2D eigenvalue weighted by molar-refractivity contribution is 5.88. The number of carbonyl (C=O) groups is 2. The van der Waals surface area contributed by atoms with Gasteiger partial charge in [-0.05, 0) is 24.3 Å². The first-order valence-corrected chi connectivity index (χ1v) is 5.30. The van der Waals surface area contributed by atoms with Gasteiger partial charge in [-0.2, -0.15) is 0 Å². The highest BCUT2D eigenvalue weighted by Crippen LogP contribution is 2.13. The Kier molecular flexibility index (Phi) is 5.00. The fourth-order valence-electron chi connectivity index (χ4n) is 1.29. The van der Waals surface area contributed by atoms with Crippen LogP contribution in [0.2, 0.25) is 0 Å². The van der Waals surface area contributed by atoms with Gasteiger partial charge in [-0.25, -0.2) is 0 Å². The van der Waals surface area contributed by atoms with E-state index in [0.29, 0.717) is 13.0 Å². The summed E-state index contributed by atoms with van der Waals surface area (Å²) in [5.41, 5.74) is 1.64. The summed E-state index contributed by atoms with van der Waals surface area (Å²) in [5, 5.41) is 5.75. The summed E-state index contributed by atoms with van der Waals surface area (Å²) in [7, 11) is 1.37. The van der Waals surface area contributed by atoms with Crippen molar-refractivity contribution in [1.82, 2.24) is 0 Å². The second-order valence-corrected chi connectivity index (χ2v) is 3.51. The number of nitrogens with one attached hydrogen (secondary N) is 2. The minimum absolute atomic E-state index is 0.101. The lowest BCUT2D eigenvalue weighted by Crippen LogP contribution is -2.10. The van der Waals surface area contributed by atoms with Crippen LogP contribution in [0.4, 0.5) is 11.4 Å². The molecule has 0 fully saturated rings. The fourth-order valence-corrected chi connectivity index (χ4v) is 1.29. The summed E-state index contributed by atoms with van der Waals surface area (Å²) in [6.45, 7) is 1.98. The molecule has 92 valence electrons. The van der Waals surface area contributed by atoms with Gasteiger partial charge in [-0.3, -0.25) is 9.59 Å². The highest BCUT2D eigenvalue weighted by Gasteiger charge is 1.99. The molecule has 0 radical (unpaired) electrons. The van der Waals surface area contributed by atoms with Crippen LogP contribution in [0.3, 0.4) is 0 Å². The second-order valence-electron chi connectivity index (χ2n) is 3.51. The number of hydrogen-bond acceptors (Lipinski definition) is 4. The molecule has 0 saturated carbocycles. The predicted octanol–water partition coefficient (Wildman–Crippen LogP) is 1.62. The first-order chi connectivity index (χ1) is 8.11. The monoisotopic (exact) mass is 236 g/mol. The third-order valence-electron chi connectivity index (χ3n) is 2.09. The van der Waals surface area contributed by atoms with Crippen molar-refractivity contribution < 1.29 is 14.3 Å². The van der Waals surface area contributed by atoms with E-state index in [1.807, 2.05) is 12.1 Å². The van der Waals surface area contributed by atoms with E-state index in [4.69, 9.17) is 0 Å². The van der Waals surface area contributed by atoms with E-state index in [0.717, 1.165) is 11.4 Å². The highest BCUT2D eigenvalue weighted by atomic mass is 16.5. The summed E-state index contributed by atoms with van der Waals surface area (Å²) in [6.07, 6.45) is 0.323. The Balaban J connectivity index is 2.40. The first-order valence-electron chi connectivity index (χ1n) is 5.30. The molecule has 2 N–H and O–H groups in total. The lowest BCUT2D eigenvalue weighted by Gasteiger charge is -2.07. The predicted molar refractivity (Wildman–Crippen MR) is 65.9 cm³/mol. The number of amides is 1. The van der Waals surface area contributed by atoms with Crippen molar-refractivity contribution in [2.75, 3.05) is 24.3 Å². The van der Waals surface area contributed by atoms with Crippen LogP contribution in [0.15, 0.2) is 24.3 Å². The third-order valence-corrected chi connectivity index (χ3v) is 2.09. The Hall–Kier alpha value is -2.04. The summed E-state index contributed by atoms with van der Waals surface area (Å²) >= 11 is 0. The van der Waals surface area contributed by atoms with Crippen molar-refractivity contribution >= 4 is 23.3 Å². The molecule has 0 spiro atoms. The van der Waals surface area contributed by atoms with E-state index in [1.54, 1.807) is 12.1 Å². The molecule has 5 nitrogen and oxygen atoms in total. The minimum atomic E-state index is -0.243. The van der Waals surface area contributed by atoms with Crippen molar-refractivity contribution in [1.29, 1.82) is 0 Å². The molecule has 0 heterocycles. The van der Waals surface area contributed by atoms with Crippen molar-refractivity contribution in [3.8, 4) is 0 Å². The minimum Gasteiger partial charge on any atom is -0.469 e. The topological polar surface area (TPSA) is 67.4 Å². The van der Waals surface area contributed by atoms with Gasteiger partial charge < -0.3 is 15.4 Å². The molecule has 0 saturated heterocycles. The molecule has 0 bridgehead atoms. The molecule has 1 aromatic rings. The van der Waals surface area contributed by atoms with Crippen LogP contribution in [0, 0.1) is 0 Å². The van der Waals surface area contributed by atoms with Crippen LogP contribution >= 0.6 is 0 Å². The van der Waals surface area contributed by atoms with Gasteiger partial charge in [0.1, 0.15) is 0 Å². The first kappa shape index (κ1) is 13.0. The fraction of sp³-hybridized carbons (Fsp3) is 0.333. The zero-order chi connectivity index (χ0) is 12.7. The molecular weight excluding hydrogens is 220 g/mol. The number of esters is 1. The summed E-state index contributed by atoms with van der Waals surface area (Å²) in [6, 6.07) is 7.26. The van der Waals surface area contributed by atoms with Crippen LogP contribution in [0.1, 0.15) is 13.3 Å². The molecule has 0 unspecified atom stereocenters. The standard InChI is InChI=1S/C12H16N2O3/c1-9(15)14-11-5-3-10(4-6-11)13-8-7-12(16)17-2/h3-6,13H,7-8H2,1-2H3,(H,14,15). The van der Waals surface area contributed by atoms with Gasteiger partial charge in [-0.15, -0.1) is 0 Å². The second kappa shape index (κ2) is 6.52. The number of methoxy groups -OCH3 is 1. The molecule has 0 aliphatic carbocycles. The van der Waals surface area contributed by atoms with E-state index in [-0.39, 0.29) is 11.9 Å². The lowest BCUT2D eigenvalue weighted by molar-refractivity contribution is -0.140. The molecule has 0 aromatic heterocycles. The zero-order valence-electron chi connectivity index (χ0n) is 9.95. The smallest absolute Gasteiger partial charge is 0.307 e. The molecule has 1 amide bonds. The molecule has 0 aliphatic heterocycles. The molecular formula is C12H16N2O3. The Morgan fingerprint density at radius 1 is 1.18 bits per heavy atom. The summed E-state index contributed by atoms with van der Waals surface area (Å²) < 4.78 is 4.52. The van der Waals surface area contributed by atoms with E-state index < -0.39 is 0 Å². The summed E-state index contributed by atoms with van der Waals surface area (Å²) in [5.74, 6) is -0.344. The molecule has 0 atom stereocenters. The van der Waals surface area contributed by atoms with E-state index >= 15 is 0 Å². The SMILES string of the molecule is COC(=O)CCNc1ccc(NC(C)=O)cc1. The number of rotatable bonds is 5. The van der Waals surface area contributed by atoms with Gasteiger partial charge in [-0.1, -0.05) is 0 Å². The normalized spacial score (nSPS) is 9.53. The number of ether oxygens (including phenoxy) is 1. The van der Waals surface area contributed by atoms with Crippen molar-refractivity contribution in [2.45, 2.75) is 13.3 Å². The molecule has 17 heavy (non-hydrogen) atoms. The number of hydrogen-bond donors (Lipinski definition) is 2. The van der Waals surface area contributed by atoms with Gasteiger partial charge >= 0.3 is 5.97 Å². The maximum absolute atomic E-state index is 10.9. The van der Waals surface area contributed by atoms with Gasteiger partial charge in [0.25, 0.3) is 0 Å². The molecule has 5 heteroatoms. The Morgan fingerprint density at radius 3 is 2.29 bits per heavy atom. The van der Waals surface area contributed by atoms with Crippen molar-refractivity contribution in [2.24, 2.45) is 0 Å². The quantitative estimate of drug-likeness (QED) is 0.762. The number of anilines is 2. The zero-order valence-corrected chi connectivity index (χ0v) is 9.95. The largest absolute Gasteiger partial charge is 0.469 e. The Morgan fingerprint density at radius 2 is 1.76 bits per heavy atom. The Labute approximate surface area is 100 Å². The molecule has 1 aromatic carbocycles. The van der Waals surface area contributed by atoms with Crippen LogP contribution < -0.4 is 10.6 Å². The third kappa shape index (κ3) is 5.01. The van der Waals surface area contributed by atoms with Gasteiger partial charge in [0.2, 0.25) is 5.91 Å². The van der Waals surface area contributed by atoms with E-state index in [9.17, 15) is 9.59 Å². The Bertz CT molecular complexity index is 387. The number of carbonyl (C=O) groups excluding carboxylic acids is 2. The maximum atomic E-state index is 10.9. The molecule has 0 aliphatic rings. The van der Waals surface area contributed by atoms with Crippen LogP contribution in [0.5, 0.6) is 0 Å².